The van der Waals surface area contributed by atoms with Gasteiger partial charge in [0, 0.05) is 17.8 Å². The quantitative estimate of drug-likeness (QED) is 0.533. The first kappa shape index (κ1) is 22.2. The molecule has 1 atom stereocenters. The maximum absolute atomic E-state index is 13.5. The zero-order chi connectivity index (χ0) is 23.4. The van der Waals surface area contributed by atoms with E-state index in [4.69, 9.17) is 4.74 Å². The molecule has 1 heterocycles. The van der Waals surface area contributed by atoms with Crippen LogP contribution >= 0.6 is 0 Å². The fourth-order valence-electron chi connectivity index (χ4n) is 3.95. The molecule has 0 radical (unpaired) electrons. The van der Waals surface area contributed by atoms with E-state index in [-0.39, 0.29) is 24.8 Å². The highest BCUT2D eigenvalue weighted by Crippen LogP contribution is 2.33. The molecule has 0 saturated heterocycles. The molecule has 0 aliphatic carbocycles. The van der Waals surface area contributed by atoms with Crippen LogP contribution < -0.4 is 5.32 Å². The first-order valence-electron chi connectivity index (χ1n) is 10.7. The van der Waals surface area contributed by atoms with Crippen LogP contribution in [-0.2, 0) is 16.1 Å². The van der Waals surface area contributed by atoms with Gasteiger partial charge in [-0.1, -0.05) is 36.4 Å². The minimum Gasteiger partial charge on any atom is -0.462 e. The highest BCUT2D eigenvalue weighted by Gasteiger charge is 2.34. The number of fused-ring (bicyclic) bond motifs is 1. The monoisotopic (exact) mass is 446 g/mol. The number of rotatable bonds is 7. The van der Waals surface area contributed by atoms with E-state index in [0.29, 0.717) is 28.9 Å². The standard InChI is InChI=1S/C26H23FN2O4/c1-2-33-26(32)18-7-5-8-21(14-18)28-24(30)15-23(17-10-12-20(27)13-11-17)29-16-19-6-3-4-9-22(19)25(29)31/h3-14,23H,2,15-16H2,1H3,(H,28,30)/t23-/m0/s1. The first-order valence-corrected chi connectivity index (χ1v) is 10.7. The van der Waals surface area contributed by atoms with Crippen molar-refractivity contribution in [3.8, 4) is 0 Å². The van der Waals surface area contributed by atoms with E-state index in [2.05, 4.69) is 5.32 Å². The van der Waals surface area contributed by atoms with Gasteiger partial charge in [0.05, 0.1) is 24.6 Å². The van der Waals surface area contributed by atoms with Crippen molar-refractivity contribution in [3.63, 3.8) is 0 Å². The van der Waals surface area contributed by atoms with Crippen molar-refractivity contribution in [3.05, 3.63) is 101 Å². The second kappa shape index (κ2) is 9.65. The van der Waals surface area contributed by atoms with Gasteiger partial charge in [-0.15, -0.1) is 0 Å². The maximum atomic E-state index is 13.5. The Labute approximate surface area is 191 Å². The number of nitrogens with one attached hydrogen (secondary N) is 1. The average molecular weight is 446 g/mol. The summed E-state index contributed by atoms with van der Waals surface area (Å²) in [5, 5.41) is 2.79. The van der Waals surface area contributed by atoms with Crippen LogP contribution in [0.1, 0.15) is 51.2 Å². The van der Waals surface area contributed by atoms with Crippen molar-refractivity contribution in [1.29, 1.82) is 0 Å². The van der Waals surface area contributed by atoms with Crippen molar-refractivity contribution in [1.82, 2.24) is 4.90 Å². The molecule has 168 valence electrons. The van der Waals surface area contributed by atoms with Gasteiger partial charge in [-0.25, -0.2) is 9.18 Å². The number of benzene rings is 3. The Morgan fingerprint density at radius 1 is 1.06 bits per heavy atom. The number of amides is 2. The topological polar surface area (TPSA) is 75.7 Å². The third-order valence-electron chi connectivity index (χ3n) is 5.52. The van der Waals surface area contributed by atoms with E-state index in [0.717, 1.165) is 5.56 Å². The molecule has 3 aromatic carbocycles. The van der Waals surface area contributed by atoms with Crippen LogP contribution in [0.5, 0.6) is 0 Å². The lowest BCUT2D eigenvalue weighted by Gasteiger charge is -2.28. The van der Waals surface area contributed by atoms with Crippen molar-refractivity contribution in [2.45, 2.75) is 25.9 Å². The summed E-state index contributed by atoms with van der Waals surface area (Å²) in [5.41, 5.74) is 2.92. The Morgan fingerprint density at radius 3 is 2.55 bits per heavy atom. The molecule has 1 N–H and O–H groups in total. The minimum absolute atomic E-state index is 0.0327. The Morgan fingerprint density at radius 2 is 1.82 bits per heavy atom. The lowest BCUT2D eigenvalue weighted by atomic mass is 10.0. The van der Waals surface area contributed by atoms with Gasteiger partial charge in [-0.05, 0) is 54.4 Å². The van der Waals surface area contributed by atoms with Gasteiger partial charge in [0.1, 0.15) is 5.82 Å². The van der Waals surface area contributed by atoms with E-state index >= 15 is 0 Å². The molecule has 4 rings (SSSR count). The van der Waals surface area contributed by atoms with Crippen LogP contribution in [0.4, 0.5) is 10.1 Å². The van der Waals surface area contributed by atoms with Gasteiger partial charge >= 0.3 is 5.97 Å². The van der Waals surface area contributed by atoms with Crippen LogP contribution in [-0.4, -0.2) is 29.3 Å². The summed E-state index contributed by atoms with van der Waals surface area (Å²) in [6.07, 6.45) is -0.0327. The third-order valence-corrected chi connectivity index (χ3v) is 5.52. The predicted molar refractivity (Wildman–Crippen MR) is 121 cm³/mol. The smallest absolute Gasteiger partial charge is 0.338 e. The SMILES string of the molecule is CCOC(=O)c1cccc(NC(=O)C[C@@H](c2ccc(F)cc2)N2Cc3ccccc3C2=O)c1. The number of hydrogen-bond donors (Lipinski definition) is 1. The Bertz CT molecular complexity index is 1190. The fourth-order valence-corrected chi connectivity index (χ4v) is 3.95. The Kier molecular flexibility index (Phi) is 6.49. The van der Waals surface area contributed by atoms with Crippen LogP contribution in [0.15, 0.2) is 72.8 Å². The normalized spacial score (nSPS) is 13.4. The van der Waals surface area contributed by atoms with Crippen molar-refractivity contribution < 1.29 is 23.5 Å². The van der Waals surface area contributed by atoms with Crippen LogP contribution in [0.25, 0.3) is 0 Å². The van der Waals surface area contributed by atoms with E-state index in [1.165, 1.54) is 12.1 Å². The fraction of sp³-hybridized carbons (Fsp3) is 0.192. The molecule has 0 unspecified atom stereocenters. The highest BCUT2D eigenvalue weighted by molar-refractivity contribution is 5.99. The van der Waals surface area contributed by atoms with Gasteiger partial charge in [0.2, 0.25) is 5.91 Å². The zero-order valence-corrected chi connectivity index (χ0v) is 18.1. The number of halogens is 1. The number of nitrogens with zero attached hydrogens (tertiary/aromatic N) is 1. The van der Waals surface area contributed by atoms with Gasteiger partial charge in [-0.3, -0.25) is 9.59 Å². The summed E-state index contributed by atoms with van der Waals surface area (Å²) in [4.78, 5) is 39.6. The zero-order valence-electron chi connectivity index (χ0n) is 18.1. The molecule has 6 nitrogen and oxygen atoms in total. The van der Waals surface area contributed by atoms with Crippen molar-refractivity contribution in [2.75, 3.05) is 11.9 Å². The summed E-state index contributed by atoms with van der Waals surface area (Å²) < 4.78 is 18.5. The largest absolute Gasteiger partial charge is 0.462 e. The summed E-state index contributed by atoms with van der Waals surface area (Å²) in [6.45, 7) is 2.33. The van der Waals surface area contributed by atoms with E-state index in [1.54, 1.807) is 60.4 Å². The molecule has 0 bridgehead atoms. The first-order chi connectivity index (χ1) is 16.0. The number of esters is 1. The number of carbonyl (C=O) groups is 3. The van der Waals surface area contributed by atoms with Gasteiger partial charge in [0.15, 0.2) is 0 Å². The molecular formula is C26H23FN2O4. The molecule has 7 heteroatoms. The lowest BCUT2D eigenvalue weighted by Crippen LogP contribution is -2.32. The number of carbonyl (C=O) groups excluding carboxylic acids is 3. The van der Waals surface area contributed by atoms with Crippen LogP contribution in [0, 0.1) is 5.82 Å². The van der Waals surface area contributed by atoms with E-state index in [1.807, 2.05) is 12.1 Å². The van der Waals surface area contributed by atoms with E-state index in [9.17, 15) is 18.8 Å². The van der Waals surface area contributed by atoms with Gasteiger partial charge in [0.25, 0.3) is 5.91 Å². The maximum Gasteiger partial charge on any atom is 0.338 e. The summed E-state index contributed by atoms with van der Waals surface area (Å²) >= 11 is 0. The average Bonchev–Trinajstić information content (AvgIpc) is 3.15. The van der Waals surface area contributed by atoms with Crippen molar-refractivity contribution in [2.24, 2.45) is 0 Å². The number of ether oxygens (including phenoxy) is 1. The molecule has 0 saturated carbocycles. The number of hydrogen-bond acceptors (Lipinski definition) is 4. The van der Waals surface area contributed by atoms with Gasteiger partial charge in [-0.2, -0.15) is 0 Å². The molecular weight excluding hydrogens is 423 g/mol. The molecule has 0 spiro atoms. The second-order valence-corrected chi connectivity index (χ2v) is 7.71. The predicted octanol–water partition coefficient (Wildman–Crippen LogP) is 4.73. The third kappa shape index (κ3) is 4.92. The molecule has 3 aromatic rings. The lowest BCUT2D eigenvalue weighted by molar-refractivity contribution is -0.117. The molecule has 33 heavy (non-hydrogen) atoms. The Balaban J connectivity index is 1.56. The molecule has 1 aliphatic rings. The van der Waals surface area contributed by atoms with Gasteiger partial charge < -0.3 is 15.0 Å². The van der Waals surface area contributed by atoms with Crippen LogP contribution in [0.3, 0.4) is 0 Å². The Hall–Kier alpha value is -4.00. The summed E-state index contributed by atoms with van der Waals surface area (Å²) in [6, 6.07) is 19.0. The summed E-state index contributed by atoms with van der Waals surface area (Å²) in [7, 11) is 0. The van der Waals surface area contributed by atoms with Crippen molar-refractivity contribution >= 4 is 23.5 Å². The number of anilines is 1. The second-order valence-electron chi connectivity index (χ2n) is 7.71. The summed E-state index contributed by atoms with van der Waals surface area (Å²) in [5.74, 6) is -1.38. The molecule has 2 amide bonds. The van der Waals surface area contributed by atoms with E-state index < -0.39 is 17.8 Å². The molecule has 0 aromatic heterocycles. The highest BCUT2D eigenvalue weighted by atomic mass is 19.1. The minimum atomic E-state index is -0.585. The molecule has 0 fully saturated rings. The van der Waals surface area contributed by atoms with Crippen LogP contribution in [0.2, 0.25) is 0 Å². The molecule has 1 aliphatic heterocycles.